The molecule has 70 valence electrons. The van der Waals surface area contributed by atoms with Gasteiger partial charge in [0.15, 0.2) is 0 Å². The summed E-state index contributed by atoms with van der Waals surface area (Å²) in [4.78, 5) is 11.0. The number of nitrogen functional groups attached to an aromatic ring is 1. The number of aliphatic hydroxyl groups is 1. The number of anilines is 1. The maximum absolute atomic E-state index is 11.0. The molecule has 13 heavy (non-hydrogen) atoms. The van der Waals surface area contributed by atoms with Gasteiger partial charge in [-0.05, 0) is 17.7 Å². The zero-order valence-electron chi connectivity index (χ0n) is 7.16. The first-order valence-corrected chi connectivity index (χ1v) is 3.94. The lowest BCUT2D eigenvalue weighted by Crippen LogP contribution is -2.25. The Kier molecular flexibility index (Phi) is 3.28. The van der Waals surface area contributed by atoms with Crippen LogP contribution in [-0.4, -0.2) is 17.7 Å². The van der Waals surface area contributed by atoms with E-state index in [1.165, 1.54) is 0 Å². The Labute approximate surface area is 76.4 Å². The Hall–Kier alpha value is -1.55. The molecule has 0 unspecified atom stereocenters. The van der Waals surface area contributed by atoms with Gasteiger partial charge in [0.2, 0.25) is 5.91 Å². The van der Waals surface area contributed by atoms with Crippen LogP contribution in [0.5, 0.6) is 0 Å². The molecule has 1 aromatic carbocycles. The van der Waals surface area contributed by atoms with Crippen molar-refractivity contribution in [3.8, 4) is 0 Å². The summed E-state index contributed by atoms with van der Waals surface area (Å²) in [5.74, 6) is -0.202. The molecule has 1 amide bonds. The Morgan fingerprint density at radius 3 is 2.54 bits per heavy atom. The van der Waals surface area contributed by atoms with Gasteiger partial charge >= 0.3 is 0 Å². The van der Waals surface area contributed by atoms with Crippen molar-refractivity contribution in [3.63, 3.8) is 0 Å². The smallest absolute Gasteiger partial charge is 0.226 e. The molecule has 0 radical (unpaired) electrons. The number of rotatable bonds is 3. The van der Waals surface area contributed by atoms with Gasteiger partial charge in [-0.15, -0.1) is 0 Å². The molecule has 0 heterocycles. The number of amides is 1. The van der Waals surface area contributed by atoms with Crippen LogP contribution >= 0.6 is 0 Å². The third-order valence-corrected chi connectivity index (χ3v) is 1.62. The summed E-state index contributed by atoms with van der Waals surface area (Å²) in [6.45, 7) is -0.326. The summed E-state index contributed by atoms with van der Waals surface area (Å²) in [6.07, 6.45) is 0.265. The van der Waals surface area contributed by atoms with Gasteiger partial charge in [-0.2, -0.15) is 0 Å². The zero-order chi connectivity index (χ0) is 9.68. The lowest BCUT2D eigenvalue weighted by Gasteiger charge is -2.01. The van der Waals surface area contributed by atoms with E-state index in [9.17, 15) is 4.79 Å². The molecule has 4 N–H and O–H groups in total. The maximum atomic E-state index is 11.0. The topological polar surface area (TPSA) is 75.4 Å². The highest BCUT2D eigenvalue weighted by Gasteiger charge is 2.00. The van der Waals surface area contributed by atoms with Crippen LogP contribution in [0.3, 0.4) is 0 Å². The second-order valence-corrected chi connectivity index (χ2v) is 2.68. The van der Waals surface area contributed by atoms with Crippen molar-refractivity contribution in [3.05, 3.63) is 29.8 Å². The van der Waals surface area contributed by atoms with Crippen molar-refractivity contribution >= 4 is 11.6 Å². The Balaban J connectivity index is 2.54. The predicted molar refractivity (Wildman–Crippen MR) is 49.8 cm³/mol. The van der Waals surface area contributed by atoms with Gasteiger partial charge in [0.1, 0.15) is 6.73 Å². The van der Waals surface area contributed by atoms with E-state index in [1.54, 1.807) is 24.3 Å². The highest BCUT2D eigenvalue weighted by Crippen LogP contribution is 2.05. The zero-order valence-corrected chi connectivity index (χ0v) is 7.16. The number of carbonyl (C=O) groups is 1. The molecule has 1 aromatic rings. The number of hydrogen-bond acceptors (Lipinski definition) is 3. The molecule has 0 spiro atoms. The van der Waals surface area contributed by atoms with E-state index in [2.05, 4.69) is 5.32 Å². The van der Waals surface area contributed by atoms with Gasteiger partial charge in [0.25, 0.3) is 0 Å². The summed E-state index contributed by atoms with van der Waals surface area (Å²) in [7, 11) is 0. The lowest BCUT2D eigenvalue weighted by molar-refractivity contribution is -0.121. The van der Waals surface area contributed by atoms with Crippen molar-refractivity contribution in [1.82, 2.24) is 5.32 Å². The molecule has 4 nitrogen and oxygen atoms in total. The van der Waals surface area contributed by atoms with Crippen molar-refractivity contribution in [2.24, 2.45) is 0 Å². The van der Waals surface area contributed by atoms with Crippen molar-refractivity contribution < 1.29 is 9.90 Å². The fraction of sp³-hybridized carbons (Fsp3) is 0.222. The second kappa shape index (κ2) is 4.47. The SMILES string of the molecule is Nc1ccc(CC(=O)NCO)cc1. The van der Waals surface area contributed by atoms with Crippen LogP contribution in [0.2, 0.25) is 0 Å². The Bertz CT molecular complexity index is 282. The molecule has 0 saturated carbocycles. The first-order chi connectivity index (χ1) is 6.22. The molecule has 0 aliphatic carbocycles. The van der Waals surface area contributed by atoms with Crippen LogP contribution in [0, 0.1) is 0 Å². The van der Waals surface area contributed by atoms with Gasteiger partial charge in [-0.3, -0.25) is 4.79 Å². The molecule has 0 aliphatic heterocycles. The van der Waals surface area contributed by atoms with E-state index in [0.717, 1.165) is 5.56 Å². The summed E-state index contributed by atoms with van der Waals surface area (Å²) in [5, 5.41) is 10.7. The number of aliphatic hydroxyl groups excluding tert-OH is 1. The quantitative estimate of drug-likeness (QED) is 0.448. The number of nitrogens with one attached hydrogen (secondary N) is 1. The molecule has 0 atom stereocenters. The van der Waals surface area contributed by atoms with Gasteiger partial charge in [-0.1, -0.05) is 12.1 Å². The van der Waals surface area contributed by atoms with Crippen LogP contribution in [0.1, 0.15) is 5.56 Å². The van der Waals surface area contributed by atoms with Crippen LogP contribution in [0.25, 0.3) is 0 Å². The second-order valence-electron chi connectivity index (χ2n) is 2.68. The standard InChI is InChI=1S/C9H12N2O2/c10-8-3-1-7(2-4-8)5-9(13)11-6-12/h1-4,12H,5-6,10H2,(H,11,13). The normalized spacial score (nSPS) is 9.62. The first kappa shape index (κ1) is 9.54. The van der Waals surface area contributed by atoms with Crippen LogP contribution < -0.4 is 11.1 Å². The van der Waals surface area contributed by atoms with Gasteiger partial charge in [0.05, 0.1) is 6.42 Å². The molecular formula is C9H12N2O2. The largest absolute Gasteiger partial charge is 0.399 e. The third kappa shape index (κ3) is 3.13. The number of benzene rings is 1. The van der Waals surface area contributed by atoms with Crippen LogP contribution in [0.4, 0.5) is 5.69 Å². The van der Waals surface area contributed by atoms with Gasteiger partial charge in [-0.25, -0.2) is 0 Å². The molecule has 0 fully saturated rings. The van der Waals surface area contributed by atoms with Gasteiger partial charge in [0, 0.05) is 5.69 Å². The number of carbonyl (C=O) groups excluding carboxylic acids is 1. The summed E-state index contributed by atoms with van der Waals surface area (Å²) >= 11 is 0. The summed E-state index contributed by atoms with van der Waals surface area (Å²) in [6, 6.07) is 7.04. The number of nitrogens with two attached hydrogens (primary N) is 1. The maximum Gasteiger partial charge on any atom is 0.226 e. The Morgan fingerprint density at radius 1 is 1.38 bits per heavy atom. The first-order valence-electron chi connectivity index (χ1n) is 3.94. The highest BCUT2D eigenvalue weighted by atomic mass is 16.3. The molecular weight excluding hydrogens is 168 g/mol. The van der Waals surface area contributed by atoms with E-state index < -0.39 is 0 Å². The Morgan fingerprint density at radius 2 is 2.00 bits per heavy atom. The summed E-state index contributed by atoms with van der Waals surface area (Å²) in [5.41, 5.74) is 7.02. The van der Waals surface area contributed by atoms with Crippen LogP contribution in [0.15, 0.2) is 24.3 Å². The fourth-order valence-corrected chi connectivity index (χ4v) is 0.972. The average Bonchev–Trinajstić information content (AvgIpc) is 2.09. The molecule has 0 saturated heterocycles. The molecule has 1 rings (SSSR count). The highest BCUT2D eigenvalue weighted by molar-refractivity contribution is 5.78. The van der Waals surface area contributed by atoms with Crippen LogP contribution in [-0.2, 0) is 11.2 Å². The minimum atomic E-state index is -0.326. The minimum absolute atomic E-state index is 0.202. The van der Waals surface area contributed by atoms with E-state index >= 15 is 0 Å². The van der Waals surface area contributed by atoms with Crippen molar-refractivity contribution in [1.29, 1.82) is 0 Å². The summed E-state index contributed by atoms with van der Waals surface area (Å²) < 4.78 is 0. The molecule has 0 aliphatic rings. The molecule has 4 heteroatoms. The monoisotopic (exact) mass is 180 g/mol. The minimum Gasteiger partial charge on any atom is -0.399 e. The lowest BCUT2D eigenvalue weighted by atomic mass is 10.1. The van der Waals surface area contributed by atoms with Crippen molar-refractivity contribution in [2.45, 2.75) is 6.42 Å². The fourth-order valence-electron chi connectivity index (χ4n) is 0.972. The van der Waals surface area contributed by atoms with Crippen molar-refractivity contribution in [2.75, 3.05) is 12.5 Å². The van der Waals surface area contributed by atoms with Gasteiger partial charge < -0.3 is 16.2 Å². The third-order valence-electron chi connectivity index (χ3n) is 1.62. The average molecular weight is 180 g/mol. The number of hydrogen-bond donors (Lipinski definition) is 3. The van der Waals surface area contributed by atoms with E-state index in [4.69, 9.17) is 10.8 Å². The van der Waals surface area contributed by atoms with E-state index in [-0.39, 0.29) is 19.1 Å². The van der Waals surface area contributed by atoms with E-state index in [1.807, 2.05) is 0 Å². The molecule has 0 bridgehead atoms. The predicted octanol–water partition coefficient (Wildman–Crippen LogP) is -0.123. The molecule has 0 aromatic heterocycles. The van der Waals surface area contributed by atoms with E-state index in [0.29, 0.717) is 5.69 Å².